The summed E-state index contributed by atoms with van der Waals surface area (Å²) in [4.78, 5) is 24.7. The van der Waals surface area contributed by atoms with E-state index in [1.807, 2.05) is 62.4 Å². The van der Waals surface area contributed by atoms with Crippen molar-refractivity contribution in [1.29, 1.82) is 0 Å². The SMILES string of the molecule is CCOC(=O)C1=C(CC)NC(=O)NC1c1cccc(OCc2ccc(C)cc2)c1. The molecule has 1 aliphatic rings. The number of hydrogen-bond acceptors (Lipinski definition) is 4. The highest BCUT2D eigenvalue weighted by Gasteiger charge is 2.33. The van der Waals surface area contributed by atoms with Crippen LogP contribution >= 0.6 is 0 Å². The van der Waals surface area contributed by atoms with Gasteiger partial charge in [0, 0.05) is 5.70 Å². The Bertz CT molecular complexity index is 919. The second-order valence-corrected chi connectivity index (χ2v) is 6.84. The number of carbonyl (C=O) groups excluding carboxylic acids is 2. The van der Waals surface area contributed by atoms with Crippen LogP contribution in [0, 0.1) is 6.92 Å². The first kappa shape index (κ1) is 20.5. The van der Waals surface area contributed by atoms with Crippen molar-refractivity contribution in [1.82, 2.24) is 10.6 Å². The van der Waals surface area contributed by atoms with Crippen molar-refractivity contribution >= 4 is 12.0 Å². The Morgan fingerprint density at radius 3 is 2.55 bits per heavy atom. The molecule has 2 amide bonds. The van der Waals surface area contributed by atoms with Gasteiger partial charge in [-0.3, -0.25) is 0 Å². The summed E-state index contributed by atoms with van der Waals surface area (Å²) in [5, 5.41) is 5.55. The van der Waals surface area contributed by atoms with Crippen molar-refractivity contribution in [3.05, 3.63) is 76.5 Å². The first-order valence-electron chi connectivity index (χ1n) is 9.77. The molecule has 3 rings (SSSR count). The van der Waals surface area contributed by atoms with Crippen LogP contribution in [0.3, 0.4) is 0 Å². The average molecular weight is 394 g/mol. The van der Waals surface area contributed by atoms with Crippen LogP contribution in [0.4, 0.5) is 4.79 Å². The molecule has 1 heterocycles. The highest BCUT2D eigenvalue weighted by Crippen LogP contribution is 2.30. The third-order valence-electron chi connectivity index (χ3n) is 4.72. The van der Waals surface area contributed by atoms with E-state index in [-0.39, 0.29) is 12.6 Å². The van der Waals surface area contributed by atoms with Crippen LogP contribution in [0.2, 0.25) is 0 Å². The van der Waals surface area contributed by atoms with Crippen LogP contribution in [-0.4, -0.2) is 18.6 Å². The van der Waals surface area contributed by atoms with E-state index < -0.39 is 12.0 Å². The molecule has 0 saturated carbocycles. The van der Waals surface area contributed by atoms with Crippen molar-refractivity contribution in [2.45, 2.75) is 39.8 Å². The van der Waals surface area contributed by atoms with E-state index in [0.717, 1.165) is 11.1 Å². The fourth-order valence-electron chi connectivity index (χ4n) is 3.23. The maximum absolute atomic E-state index is 12.6. The minimum absolute atomic E-state index is 0.264. The highest BCUT2D eigenvalue weighted by atomic mass is 16.5. The molecule has 1 atom stereocenters. The lowest BCUT2D eigenvalue weighted by Gasteiger charge is -2.29. The minimum Gasteiger partial charge on any atom is -0.489 e. The maximum atomic E-state index is 12.6. The predicted molar refractivity (Wildman–Crippen MR) is 110 cm³/mol. The number of urea groups is 1. The van der Waals surface area contributed by atoms with Gasteiger partial charge in [-0.1, -0.05) is 48.9 Å². The summed E-state index contributed by atoms with van der Waals surface area (Å²) in [6, 6.07) is 14.6. The van der Waals surface area contributed by atoms with Crippen LogP contribution in [0.25, 0.3) is 0 Å². The molecule has 29 heavy (non-hydrogen) atoms. The van der Waals surface area contributed by atoms with Crippen molar-refractivity contribution in [3.63, 3.8) is 0 Å². The topological polar surface area (TPSA) is 76.7 Å². The molecule has 0 bridgehead atoms. The summed E-state index contributed by atoms with van der Waals surface area (Å²) in [6.07, 6.45) is 0.516. The standard InChI is InChI=1S/C23H26N2O4/c1-4-19-20(22(26)28-5-2)21(25-23(27)24-19)17-7-6-8-18(13-17)29-14-16-11-9-15(3)10-12-16/h6-13,21H,4-5,14H2,1-3H3,(H2,24,25,27). The van der Waals surface area contributed by atoms with Crippen molar-refractivity contribution in [3.8, 4) is 5.75 Å². The Morgan fingerprint density at radius 1 is 1.10 bits per heavy atom. The van der Waals surface area contributed by atoms with Gasteiger partial charge in [0.1, 0.15) is 12.4 Å². The Kier molecular flexibility index (Phi) is 6.54. The zero-order chi connectivity index (χ0) is 20.8. The number of hydrogen-bond donors (Lipinski definition) is 2. The van der Waals surface area contributed by atoms with E-state index >= 15 is 0 Å². The van der Waals surface area contributed by atoms with Crippen molar-refractivity contribution < 1.29 is 19.1 Å². The maximum Gasteiger partial charge on any atom is 0.338 e. The molecule has 1 unspecified atom stereocenters. The third kappa shape index (κ3) is 4.96. The minimum atomic E-state index is -0.597. The monoisotopic (exact) mass is 394 g/mol. The summed E-state index contributed by atoms with van der Waals surface area (Å²) >= 11 is 0. The van der Waals surface area contributed by atoms with E-state index in [2.05, 4.69) is 10.6 Å². The third-order valence-corrected chi connectivity index (χ3v) is 4.72. The zero-order valence-electron chi connectivity index (χ0n) is 17.0. The summed E-state index contributed by atoms with van der Waals surface area (Å²) in [7, 11) is 0. The van der Waals surface area contributed by atoms with E-state index in [4.69, 9.17) is 9.47 Å². The molecule has 0 saturated heterocycles. The summed E-state index contributed by atoms with van der Waals surface area (Å²) in [5.74, 6) is 0.227. The van der Waals surface area contributed by atoms with Gasteiger partial charge in [0.15, 0.2) is 0 Å². The molecular weight excluding hydrogens is 368 g/mol. The lowest BCUT2D eigenvalue weighted by atomic mass is 9.94. The number of esters is 1. The van der Waals surface area contributed by atoms with Crippen molar-refractivity contribution in [2.75, 3.05) is 6.61 Å². The molecule has 6 nitrogen and oxygen atoms in total. The van der Waals surface area contributed by atoms with E-state index in [1.54, 1.807) is 6.92 Å². The second kappa shape index (κ2) is 9.28. The molecule has 0 spiro atoms. The molecule has 0 fully saturated rings. The fraction of sp³-hybridized carbons (Fsp3) is 0.304. The lowest BCUT2D eigenvalue weighted by Crippen LogP contribution is -2.45. The van der Waals surface area contributed by atoms with Crippen LogP contribution < -0.4 is 15.4 Å². The van der Waals surface area contributed by atoms with Gasteiger partial charge < -0.3 is 20.1 Å². The Morgan fingerprint density at radius 2 is 1.86 bits per heavy atom. The van der Waals surface area contributed by atoms with E-state index in [1.165, 1.54) is 5.56 Å². The lowest BCUT2D eigenvalue weighted by molar-refractivity contribution is -0.139. The highest BCUT2D eigenvalue weighted by molar-refractivity contribution is 5.95. The molecular formula is C23H26N2O4. The van der Waals surface area contributed by atoms with Crippen LogP contribution in [0.5, 0.6) is 5.75 Å². The molecule has 6 heteroatoms. The van der Waals surface area contributed by atoms with Gasteiger partial charge in [0.25, 0.3) is 0 Å². The Balaban J connectivity index is 1.85. The molecule has 2 aromatic rings. The number of carbonyl (C=O) groups is 2. The number of nitrogens with one attached hydrogen (secondary N) is 2. The molecule has 0 aromatic heterocycles. The number of amides is 2. The van der Waals surface area contributed by atoms with E-state index in [9.17, 15) is 9.59 Å². The van der Waals surface area contributed by atoms with E-state index in [0.29, 0.717) is 30.0 Å². The number of benzene rings is 2. The van der Waals surface area contributed by atoms with Gasteiger partial charge in [-0.05, 0) is 43.5 Å². The average Bonchev–Trinajstić information content (AvgIpc) is 2.73. The van der Waals surface area contributed by atoms with Crippen molar-refractivity contribution in [2.24, 2.45) is 0 Å². The van der Waals surface area contributed by atoms with Gasteiger partial charge in [0.05, 0.1) is 18.2 Å². The fourth-order valence-corrected chi connectivity index (χ4v) is 3.23. The molecule has 152 valence electrons. The number of rotatable bonds is 7. The van der Waals surface area contributed by atoms with Gasteiger partial charge in [-0.15, -0.1) is 0 Å². The van der Waals surface area contributed by atoms with Gasteiger partial charge in [-0.25, -0.2) is 9.59 Å². The Labute approximate surface area is 170 Å². The van der Waals surface area contributed by atoms with Crippen LogP contribution in [0.15, 0.2) is 59.8 Å². The number of allylic oxidation sites excluding steroid dienone is 1. The zero-order valence-corrected chi connectivity index (χ0v) is 17.0. The van der Waals surface area contributed by atoms with Crippen LogP contribution in [0.1, 0.15) is 43.0 Å². The quantitative estimate of drug-likeness (QED) is 0.692. The predicted octanol–water partition coefficient (Wildman–Crippen LogP) is 4.16. The van der Waals surface area contributed by atoms with Gasteiger partial charge >= 0.3 is 12.0 Å². The molecule has 0 radical (unpaired) electrons. The molecule has 1 aliphatic heterocycles. The summed E-state index contributed by atoms with van der Waals surface area (Å²) < 4.78 is 11.2. The first-order chi connectivity index (χ1) is 14.0. The summed E-state index contributed by atoms with van der Waals surface area (Å²) in [6.45, 7) is 6.38. The molecule has 0 aliphatic carbocycles. The summed E-state index contributed by atoms with van der Waals surface area (Å²) in [5.41, 5.74) is 4.02. The first-order valence-corrected chi connectivity index (χ1v) is 9.77. The van der Waals surface area contributed by atoms with Gasteiger partial charge in [0.2, 0.25) is 0 Å². The molecule has 2 aromatic carbocycles. The molecule has 2 N–H and O–H groups in total. The second-order valence-electron chi connectivity index (χ2n) is 6.84. The van der Waals surface area contributed by atoms with Crippen LogP contribution in [-0.2, 0) is 16.1 Å². The smallest absolute Gasteiger partial charge is 0.338 e. The Hall–Kier alpha value is -3.28. The number of aryl methyl sites for hydroxylation is 1. The largest absolute Gasteiger partial charge is 0.489 e. The van der Waals surface area contributed by atoms with Gasteiger partial charge in [-0.2, -0.15) is 0 Å². The normalized spacial score (nSPS) is 16.1. The number of ether oxygens (including phenoxy) is 2.